The van der Waals surface area contributed by atoms with Crippen molar-refractivity contribution in [3.63, 3.8) is 0 Å². The Morgan fingerprint density at radius 2 is 1.89 bits per heavy atom. The lowest BCUT2D eigenvalue weighted by molar-refractivity contribution is -0.286. The Labute approximate surface area is 214 Å². The van der Waals surface area contributed by atoms with Crippen molar-refractivity contribution in [3.05, 3.63) is 63.5 Å². The maximum atomic E-state index is 14.4. The molecule has 0 radical (unpaired) electrons. The fourth-order valence-electron chi connectivity index (χ4n) is 3.96. The lowest BCUT2D eigenvalue weighted by Gasteiger charge is -2.09. The first-order valence-corrected chi connectivity index (χ1v) is 11.0. The van der Waals surface area contributed by atoms with Crippen LogP contribution >= 0.6 is 11.6 Å². The van der Waals surface area contributed by atoms with Gasteiger partial charge in [0.25, 0.3) is 11.5 Å². The van der Waals surface area contributed by atoms with Crippen LogP contribution in [0.3, 0.4) is 0 Å². The first-order chi connectivity index (χ1) is 17.8. The Balaban J connectivity index is 1.53. The highest BCUT2D eigenvalue weighted by Gasteiger charge is 2.44. The quantitative estimate of drug-likeness (QED) is 0.346. The van der Waals surface area contributed by atoms with Crippen molar-refractivity contribution < 1.29 is 37.3 Å². The van der Waals surface area contributed by atoms with Gasteiger partial charge >= 0.3 is 6.29 Å². The van der Waals surface area contributed by atoms with Crippen molar-refractivity contribution in [1.29, 1.82) is 0 Å². The summed E-state index contributed by atoms with van der Waals surface area (Å²) < 4.78 is 52.2. The highest BCUT2D eigenvalue weighted by Crippen LogP contribution is 2.45. The van der Waals surface area contributed by atoms with Gasteiger partial charge in [0.2, 0.25) is 5.91 Å². The van der Waals surface area contributed by atoms with Gasteiger partial charge in [-0.2, -0.15) is 0 Å². The Bertz CT molecular complexity index is 1740. The van der Waals surface area contributed by atoms with E-state index in [1.807, 2.05) is 0 Å². The predicted molar refractivity (Wildman–Crippen MR) is 127 cm³/mol. The number of rotatable bonds is 5. The largest absolute Gasteiger partial charge is 0.586 e. The van der Waals surface area contributed by atoms with Crippen molar-refractivity contribution in [2.24, 2.45) is 12.8 Å². The summed E-state index contributed by atoms with van der Waals surface area (Å²) in [5.41, 5.74) is 4.29. The van der Waals surface area contributed by atoms with Gasteiger partial charge in [-0.05, 0) is 17.7 Å². The minimum Gasteiger partial charge on any atom is -0.504 e. The van der Waals surface area contributed by atoms with Crippen molar-refractivity contribution in [2.45, 2.75) is 12.8 Å². The van der Waals surface area contributed by atoms with Gasteiger partial charge in [-0.25, -0.2) is 9.37 Å². The second-order valence-corrected chi connectivity index (χ2v) is 8.65. The molecule has 3 heterocycles. The number of ether oxygens (including phenoxy) is 2. The lowest BCUT2D eigenvalue weighted by atomic mass is 10.0. The number of aryl methyl sites for hydroxylation is 1. The molecule has 0 atom stereocenters. The van der Waals surface area contributed by atoms with E-state index in [9.17, 15) is 32.7 Å². The van der Waals surface area contributed by atoms with E-state index >= 15 is 0 Å². The van der Waals surface area contributed by atoms with Crippen LogP contribution in [-0.4, -0.2) is 37.3 Å². The Kier molecular flexibility index (Phi) is 5.71. The van der Waals surface area contributed by atoms with Gasteiger partial charge in [-0.3, -0.25) is 14.4 Å². The van der Waals surface area contributed by atoms with Crippen molar-refractivity contribution in [2.75, 3.05) is 5.32 Å². The summed E-state index contributed by atoms with van der Waals surface area (Å²) in [6, 6.07) is 4.12. The number of benzene rings is 2. The standard InChI is InChI=1S/C23H15ClF3N5O6/c1-31-8-29-21-18(22(31)36)11(9-2-10(20(28)35)19(34)13(25)3-9)6-32(21)7-17(33)30-14-5-16-15(4-12(14)24)37-23(26,27)38-16/h2-6,8,34H,7H2,1H3,(H2,28,35)(H,30,33). The summed E-state index contributed by atoms with van der Waals surface area (Å²) in [4.78, 5) is 41.7. The van der Waals surface area contributed by atoms with Gasteiger partial charge in [-0.15, -0.1) is 8.78 Å². The smallest absolute Gasteiger partial charge is 0.504 e. The van der Waals surface area contributed by atoms with E-state index in [2.05, 4.69) is 19.8 Å². The van der Waals surface area contributed by atoms with Gasteiger partial charge in [0, 0.05) is 30.9 Å². The third-order valence-corrected chi connectivity index (χ3v) is 5.97. The molecular formula is C23H15ClF3N5O6. The van der Waals surface area contributed by atoms with Crippen LogP contribution in [0.25, 0.3) is 22.2 Å². The molecule has 11 nitrogen and oxygen atoms in total. The normalized spacial score (nSPS) is 13.6. The number of anilines is 1. The zero-order valence-corrected chi connectivity index (χ0v) is 19.8. The Morgan fingerprint density at radius 1 is 1.21 bits per heavy atom. The van der Waals surface area contributed by atoms with E-state index in [1.54, 1.807) is 0 Å². The monoisotopic (exact) mass is 549 g/mol. The minimum absolute atomic E-state index is 0.00773. The second-order valence-electron chi connectivity index (χ2n) is 8.24. The summed E-state index contributed by atoms with van der Waals surface area (Å²) in [7, 11) is 1.43. The predicted octanol–water partition coefficient (Wildman–Crippen LogP) is 2.96. The number of aromatic hydroxyl groups is 1. The number of carbonyl (C=O) groups is 2. The molecule has 4 N–H and O–H groups in total. The summed E-state index contributed by atoms with van der Waals surface area (Å²) >= 11 is 6.08. The molecule has 15 heteroatoms. The Morgan fingerprint density at radius 3 is 2.58 bits per heavy atom. The first kappa shape index (κ1) is 25.0. The topological polar surface area (TPSA) is 151 Å². The molecule has 0 spiro atoms. The van der Waals surface area contributed by atoms with Gasteiger partial charge in [-0.1, -0.05) is 11.6 Å². The molecule has 0 unspecified atom stereocenters. The maximum absolute atomic E-state index is 14.4. The minimum atomic E-state index is -3.88. The van der Waals surface area contributed by atoms with Gasteiger partial charge in [0.15, 0.2) is 23.1 Å². The van der Waals surface area contributed by atoms with E-state index < -0.39 is 47.3 Å². The number of halogens is 4. The molecule has 2 aromatic heterocycles. The Hall–Kier alpha value is -4.72. The molecule has 4 aromatic rings. The number of nitrogens with two attached hydrogens (primary N) is 1. The summed E-state index contributed by atoms with van der Waals surface area (Å²) in [5.74, 6) is -4.55. The molecule has 0 fully saturated rings. The van der Waals surface area contributed by atoms with Crippen molar-refractivity contribution in [1.82, 2.24) is 14.1 Å². The van der Waals surface area contributed by atoms with Crippen LogP contribution in [0.2, 0.25) is 5.02 Å². The van der Waals surface area contributed by atoms with E-state index in [4.69, 9.17) is 17.3 Å². The number of aromatic nitrogens is 3. The molecule has 0 bridgehead atoms. The van der Waals surface area contributed by atoms with Crippen LogP contribution in [-0.2, 0) is 18.4 Å². The second kappa shape index (κ2) is 8.69. The van der Waals surface area contributed by atoms with E-state index in [-0.39, 0.29) is 44.4 Å². The van der Waals surface area contributed by atoms with Crippen molar-refractivity contribution >= 4 is 40.1 Å². The van der Waals surface area contributed by atoms with E-state index in [1.165, 1.54) is 24.1 Å². The molecule has 0 saturated heterocycles. The highest BCUT2D eigenvalue weighted by atomic mass is 35.5. The molecule has 5 rings (SSSR count). The van der Waals surface area contributed by atoms with Gasteiger partial charge in [0.05, 0.1) is 28.0 Å². The number of hydrogen-bond acceptors (Lipinski definition) is 7. The fraction of sp³-hybridized carbons (Fsp3) is 0.130. The molecule has 2 amide bonds. The van der Waals surface area contributed by atoms with Crippen molar-refractivity contribution in [3.8, 4) is 28.4 Å². The average Bonchev–Trinajstić information content (AvgIpc) is 3.33. The summed E-state index contributed by atoms with van der Waals surface area (Å²) in [5, 5.41) is 12.2. The first-order valence-electron chi connectivity index (χ1n) is 10.6. The number of nitrogens with zero attached hydrogens (tertiary/aromatic N) is 3. The van der Waals surface area contributed by atoms with Crippen LogP contribution < -0.4 is 26.1 Å². The lowest BCUT2D eigenvalue weighted by Crippen LogP contribution is -2.25. The van der Waals surface area contributed by atoms with Crippen LogP contribution in [0.5, 0.6) is 17.2 Å². The number of alkyl halides is 2. The van der Waals surface area contributed by atoms with Crippen LogP contribution in [0.15, 0.2) is 41.6 Å². The summed E-state index contributed by atoms with van der Waals surface area (Å²) in [6.07, 6.45) is -1.34. The third-order valence-electron chi connectivity index (χ3n) is 5.66. The van der Waals surface area contributed by atoms with Crippen LogP contribution in [0.4, 0.5) is 18.9 Å². The van der Waals surface area contributed by atoms with Gasteiger partial charge in [0.1, 0.15) is 12.2 Å². The number of carbonyl (C=O) groups excluding carboxylic acids is 2. The van der Waals surface area contributed by atoms with Gasteiger partial charge < -0.3 is 34.8 Å². The van der Waals surface area contributed by atoms with Crippen LogP contribution in [0, 0.1) is 5.82 Å². The third kappa shape index (κ3) is 4.24. The number of fused-ring (bicyclic) bond motifs is 2. The molecular weight excluding hydrogens is 535 g/mol. The number of phenols is 1. The van der Waals surface area contributed by atoms with E-state index in [0.717, 1.165) is 28.8 Å². The maximum Gasteiger partial charge on any atom is 0.586 e. The molecule has 38 heavy (non-hydrogen) atoms. The molecule has 2 aromatic carbocycles. The SMILES string of the molecule is Cn1cnc2c(c(-c3cc(F)c(O)c(C(N)=O)c3)cn2CC(=O)Nc2cc3c(cc2Cl)OC(F)(F)O3)c1=O. The average molecular weight is 550 g/mol. The summed E-state index contributed by atoms with van der Waals surface area (Å²) in [6.45, 7) is -0.444. The number of amides is 2. The molecule has 0 saturated carbocycles. The number of primary amides is 1. The number of hydrogen-bond donors (Lipinski definition) is 3. The van der Waals surface area contributed by atoms with E-state index in [0.29, 0.717) is 0 Å². The fourth-order valence-corrected chi connectivity index (χ4v) is 4.16. The number of nitrogens with one attached hydrogen (secondary N) is 1. The molecule has 196 valence electrons. The molecule has 0 aliphatic carbocycles. The highest BCUT2D eigenvalue weighted by molar-refractivity contribution is 6.34. The van der Waals surface area contributed by atoms with Crippen LogP contribution in [0.1, 0.15) is 10.4 Å². The zero-order valence-electron chi connectivity index (χ0n) is 19.1. The molecule has 1 aliphatic heterocycles. The zero-order chi connectivity index (χ0) is 27.5. The molecule has 1 aliphatic rings.